The molecule has 0 saturated heterocycles. The summed E-state index contributed by atoms with van der Waals surface area (Å²) in [4.78, 5) is 15.7. The molecular formula is C13H20N2O2. The Bertz CT molecular complexity index is 341. The van der Waals surface area contributed by atoms with Crippen molar-refractivity contribution in [1.29, 1.82) is 0 Å². The Morgan fingerprint density at radius 3 is 2.82 bits per heavy atom. The van der Waals surface area contributed by atoms with E-state index in [1.54, 1.807) is 12.4 Å². The fourth-order valence-electron chi connectivity index (χ4n) is 1.63. The molecule has 2 atom stereocenters. The minimum atomic E-state index is -0.259. The largest absolute Gasteiger partial charge is 0.465 e. The number of carbonyl (C=O) groups is 1. The zero-order valence-corrected chi connectivity index (χ0v) is 10.6. The van der Waals surface area contributed by atoms with E-state index in [0.717, 1.165) is 5.56 Å². The summed E-state index contributed by atoms with van der Waals surface area (Å²) < 4.78 is 5.01. The molecule has 0 spiro atoms. The third-order valence-corrected chi connectivity index (χ3v) is 2.61. The lowest BCUT2D eigenvalue weighted by Gasteiger charge is -2.20. The van der Waals surface area contributed by atoms with Crippen molar-refractivity contribution < 1.29 is 9.53 Å². The molecular weight excluding hydrogens is 216 g/mol. The Hall–Kier alpha value is -1.42. The maximum Gasteiger partial charge on any atom is 0.323 e. The predicted octanol–water partition coefficient (Wildman–Crippen LogP) is 2.07. The molecule has 0 aliphatic rings. The molecule has 1 rings (SSSR count). The molecule has 1 heterocycles. The maximum absolute atomic E-state index is 11.6. The lowest BCUT2D eigenvalue weighted by Crippen LogP contribution is -2.39. The van der Waals surface area contributed by atoms with Crippen molar-refractivity contribution in [2.45, 2.75) is 39.3 Å². The van der Waals surface area contributed by atoms with Gasteiger partial charge in [0.25, 0.3) is 0 Å². The van der Waals surface area contributed by atoms with Gasteiger partial charge in [-0.15, -0.1) is 0 Å². The van der Waals surface area contributed by atoms with Gasteiger partial charge in [-0.3, -0.25) is 15.1 Å². The van der Waals surface area contributed by atoms with Gasteiger partial charge in [0.15, 0.2) is 0 Å². The van der Waals surface area contributed by atoms with E-state index in [4.69, 9.17) is 4.74 Å². The van der Waals surface area contributed by atoms with Crippen molar-refractivity contribution in [3.05, 3.63) is 30.1 Å². The van der Waals surface area contributed by atoms with E-state index in [2.05, 4.69) is 10.3 Å². The monoisotopic (exact) mass is 236 g/mol. The fourth-order valence-corrected chi connectivity index (χ4v) is 1.63. The Labute approximate surface area is 102 Å². The van der Waals surface area contributed by atoms with E-state index in [-0.39, 0.29) is 18.1 Å². The standard InChI is InChI=1S/C13H20N2O2/c1-4-12(13(16)17-5-2)15-10(3)11-7-6-8-14-9-11/h6-10,12,15H,4-5H2,1-3H3/t10-,12?/m0/s1. The Morgan fingerprint density at radius 2 is 2.29 bits per heavy atom. The van der Waals surface area contributed by atoms with Gasteiger partial charge < -0.3 is 4.74 Å². The number of hydrogen-bond donors (Lipinski definition) is 1. The lowest BCUT2D eigenvalue weighted by molar-refractivity contribution is -0.146. The molecule has 0 aromatic carbocycles. The molecule has 0 bridgehead atoms. The second-order valence-corrected chi connectivity index (χ2v) is 3.89. The van der Waals surface area contributed by atoms with Crippen LogP contribution in [0.4, 0.5) is 0 Å². The highest BCUT2D eigenvalue weighted by Crippen LogP contribution is 2.12. The number of nitrogens with zero attached hydrogens (tertiary/aromatic N) is 1. The van der Waals surface area contributed by atoms with Crippen LogP contribution in [0.5, 0.6) is 0 Å². The number of esters is 1. The average molecular weight is 236 g/mol. The van der Waals surface area contributed by atoms with Gasteiger partial charge in [-0.25, -0.2) is 0 Å². The van der Waals surface area contributed by atoms with E-state index in [0.29, 0.717) is 13.0 Å². The zero-order valence-electron chi connectivity index (χ0n) is 10.6. The van der Waals surface area contributed by atoms with Crippen LogP contribution in [-0.4, -0.2) is 23.6 Å². The molecule has 0 aliphatic carbocycles. The van der Waals surface area contributed by atoms with E-state index < -0.39 is 0 Å². The smallest absolute Gasteiger partial charge is 0.323 e. The quantitative estimate of drug-likeness (QED) is 0.768. The number of carbonyl (C=O) groups excluding carboxylic acids is 1. The number of nitrogens with one attached hydrogen (secondary N) is 1. The average Bonchev–Trinajstić information content (AvgIpc) is 2.37. The van der Waals surface area contributed by atoms with Gasteiger partial charge in [-0.05, 0) is 31.9 Å². The van der Waals surface area contributed by atoms with Crippen molar-refractivity contribution in [2.75, 3.05) is 6.61 Å². The highest BCUT2D eigenvalue weighted by molar-refractivity contribution is 5.75. The summed E-state index contributed by atoms with van der Waals surface area (Å²) in [6.07, 6.45) is 4.25. The maximum atomic E-state index is 11.6. The Kier molecular flexibility index (Phi) is 5.63. The van der Waals surface area contributed by atoms with Crippen molar-refractivity contribution in [3.63, 3.8) is 0 Å². The molecule has 0 aliphatic heterocycles. The number of hydrogen-bond acceptors (Lipinski definition) is 4. The first kappa shape index (κ1) is 13.6. The Morgan fingerprint density at radius 1 is 1.53 bits per heavy atom. The molecule has 0 radical (unpaired) electrons. The SMILES string of the molecule is CCOC(=O)C(CC)N[C@@H](C)c1cccnc1. The first-order chi connectivity index (χ1) is 8.19. The molecule has 0 fully saturated rings. The number of pyridine rings is 1. The van der Waals surface area contributed by atoms with Crippen LogP contribution >= 0.6 is 0 Å². The summed E-state index contributed by atoms with van der Waals surface area (Å²) in [7, 11) is 0. The van der Waals surface area contributed by atoms with Crippen LogP contribution in [0.3, 0.4) is 0 Å². The molecule has 0 amide bonds. The van der Waals surface area contributed by atoms with Gasteiger partial charge in [-0.1, -0.05) is 13.0 Å². The summed E-state index contributed by atoms with van der Waals surface area (Å²) in [5.74, 6) is -0.189. The topological polar surface area (TPSA) is 51.2 Å². The number of aromatic nitrogens is 1. The molecule has 0 saturated carbocycles. The highest BCUT2D eigenvalue weighted by Gasteiger charge is 2.20. The molecule has 4 nitrogen and oxygen atoms in total. The van der Waals surface area contributed by atoms with Gasteiger partial charge in [0.1, 0.15) is 6.04 Å². The summed E-state index contributed by atoms with van der Waals surface area (Å²) in [5, 5.41) is 3.25. The van der Waals surface area contributed by atoms with Crippen molar-refractivity contribution in [2.24, 2.45) is 0 Å². The van der Waals surface area contributed by atoms with Gasteiger partial charge in [-0.2, -0.15) is 0 Å². The van der Waals surface area contributed by atoms with Crippen LogP contribution in [-0.2, 0) is 9.53 Å². The van der Waals surface area contributed by atoms with Crippen LogP contribution in [0.2, 0.25) is 0 Å². The van der Waals surface area contributed by atoms with E-state index in [1.165, 1.54) is 0 Å². The van der Waals surface area contributed by atoms with Crippen molar-refractivity contribution in [3.8, 4) is 0 Å². The minimum Gasteiger partial charge on any atom is -0.465 e. The van der Waals surface area contributed by atoms with E-state index in [9.17, 15) is 4.79 Å². The molecule has 4 heteroatoms. The van der Waals surface area contributed by atoms with Gasteiger partial charge in [0.2, 0.25) is 0 Å². The first-order valence-corrected chi connectivity index (χ1v) is 6.01. The predicted molar refractivity (Wildman–Crippen MR) is 66.5 cm³/mol. The molecule has 94 valence electrons. The molecule has 1 unspecified atom stereocenters. The second kappa shape index (κ2) is 7.01. The van der Waals surface area contributed by atoms with E-state index >= 15 is 0 Å². The lowest BCUT2D eigenvalue weighted by atomic mass is 10.1. The minimum absolute atomic E-state index is 0.0815. The third-order valence-electron chi connectivity index (χ3n) is 2.61. The number of rotatable bonds is 6. The van der Waals surface area contributed by atoms with Crippen LogP contribution in [0.15, 0.2) is 24.5 Å². The molecule has 1 aromatic rings. The van der Waals surface area contributed by atoms with Crippen LogP contribution in [0.1, 0.15) is 38.8 Å². The van der Waals surface area contributed by atoms with Gasteiger partial charge in [0.05, 0.1) is 6.61 Å². The van der Waals surface area contributed by atoms with Crippen molar-refractivity contribution >= 4 is 5.97 Å². The second-order valence-electron chi connectivity index (χ2n) is 3.89. The fraction of sp³-hybridized carbons (Fsp3) is 0.538. The molecule has 1 N–H and O–H groups in total. The Balaban J connectivity index is 2.59. The van der Waals surface area contributed by atoms with Gasteiger partial charge >= 0.3 is 5.97 Å². The molecule has 1 aromatic heterocycles. The van der Waals surface area contributed by atoms with Gasteiger partial charge in [0, 0.05) is 18.4 Å². The summed E-state index contributed by atoms with van der Waals surface area (Å²) in [6, 6.07) is 3.70. The van der Waals surface area contributed by atoms with E-state index in [1.807, 2.05) is 32.9 Å². The molecule has 17 heavy (non-hydrogen) atoms. The van der Waals surface area contributed by atoms with Crippen LogP contribution in [0, 0.1) is 0 Å². The number of ether oxygens (including phenoxy) is 1. The zero-order chi connectivity index (χ0) is 12.7. The normalized spacial score (nSPS) is 14.1. The summed E-state index contributed by atoms with van der Waals surface area (Å²) >= 11 is 0. The summed E-state index contributed by atoms with van der Waals surface area (Å²) in [5.41, 5.74) is 1.07. The van der Waals surface area contributed by atoms with Crippen molar-refractivity contribution in [1.82, 2.24) is 10.3 Å². The summed E-state index contributed by atoms with van der Waals surface area (Å²) in [6.45, 7) is 6.21. The highest BCUT2D eigenvalue weighted by atomic mass is 16.5. The van der Waals surface area contributed by atoms with Crippen LogP contribution < -0.4 is 5.32 Å². The van der Waals surface area contributed by atoms with Crippen LogP contribution in [0.25, 0.3) is 0 Å². The first-order valence-electron chi connectivity index (χ1n) is 6.01. The third kappa shape index (κ3) is 4.15.